The number of fused-ring (bicyclic) bond motifs is 1. The third kappa shape index (κ3) is 6.93. The Labute approximate surface area is 223 Å². The maximum Gasteiger partial charge on any atom is 0.251 e. The topological polar surface area (TPSA) is 69.0 Å². The fraction of sp³-hybridized carbons (Fsp3) is 0.219. The smallest absolute Gasteiger partial charge is 0.251 e. The van der Waals surface area contributed by atoms with Crippen molar-refractivity contribution in [2.45, 2.75) is 32.4 Å². The number of rotatable bonds is 12. The molecule has 3 heterocycles. The van der Waals surface area contributed by atoms with E-state index >= 15 is 0 Å². The summed E-state index contributed by atoms with van der Waals surface area (Å²) in [6.07, 6.45) is 8.34. The van der Waals surface area contributed by atoms with Crippen molar-refractivity contribution in [2.24, 2.45) is 0 Å². The van der Waals surface area contributed by atoms with Gasteiger partial charge in [-0.25, -0.2) is 0 Å². The van der Waals surface area contributed by atoms with Crippen LogP contribution in [0.1, 0.15) is 28.8 Å². The predicted molar refractivity (Wildman–Crippen MR) is 151 cm³/mol. The van der Waals surface area contributed by atoms with Gasteiger partial charge in [-0.15, -0.1) is 0 Å². The van der Waals surface area contributed by atoms with Crippen molar-refractivity contribution in [1.82, 2.24) is 19.9 Å². The van der Waals surface area contributed by atoms with Crippen molar-refractivity contribution in [2.75, 3.05) is 13.2 Å². The fourth-order valence-corrected chi connectivity index (χ4v) is 4.51. The molecule has 6 nitrogen and oxygen atoms in total. The minimum Gasteiger partial charge on any atom is -0.494 e. The molecule has 1 N–H and O–H groups in total. The van der Waals surface area contributed by atoms with E-state index in [1.165, 1.54) is 11.1 Å². The maximum absolute atomic E-state index is 12.5. The molecule has 0 bridgehead atoms. The lowest BCUT2D eigenvalue weighted by Gasteiger charge is -2.12. The van der Waals surface area contributed by atoms with E-state index in [0.29, 0.717) is 13.2 Å². The van der Waals surface area contributed by atoms with Gasteiger partial charge in [-0.05, 0) is 85.0 Å². The van der Waals surface area contributed by atoms with Crippen molar-refractivity contribution in [3.8, 4) is 5.75 Å². The van der Waals surface area contributed by atoms with E-state index in [-0.39, 0.29) is 5.56 Å². The van der Waals surface area contributed by atoms with Crippen LogP contribution < -0.4 is 15.6 Å². The molecule has 0 unspecified atom stereocenters. The van der Waals surface area contributed by atoms with E-state index in [0.717, 1.165) is 60.3 Å². The van der Waals surface area contributed by atoms with Crippen molar-refractivity contribution >= 4 is 10.9 Å². The molecular weight excluding hydrogens is 472 g/mol. The Morgan fingerprint density at radius 2 is 1.71 bits per heavy atom. The molecule has 5 rings (SSSR count). The van der Waals surface area contributed by atoms with Crippen LogP contribution in [0.5, 0.6) is 5.75 Å². The van der Waals surface area contributed by atoms with E-state index in [1.54, 1.807) is 12.3 Å². The first kappa shape index (κ1) is 25.4. The minimum absolute atomic E-state index is 0.00379. The van der Waals surface area contributed by atoms with Crippen molar-refractivity contribution in [3.05, 3.63) is 136 Å². The number of nitrogens with zero attached hydrogens (tertiary/aromatic N) is 3. The zero-order chi connectivity index (χ0) is 26.0. The molecule has 3 aromatic heterocycles. The molecule has 0 spiro atoms. The third-order valence-corrected chi connectivity index (χ3v) is 6.51. The SMILES string of the molecule is O=c1ccc2cc(OCCCNCc3ccnc(CCc4cccnc4)c3)ccc2n1Cc1ccccc1. The van der Waals surface area contributed by atoms with Crippen LogP contribution in [0, 0.1) is 0 Å². The Morgan fingerprint density at radius 3 is 2.58 bits per heavy atom. The maximum atomic E-state index is 12.5. The van der Waals surface area contributed by atoms with Crippen LogP contribution in [0.15, 0.2) is 108 Å². The van der Waals surface area contributed by atoms with Gasteiger partial charge in [-0.3, -0.25) is 14.8 Å². The first-order chi connectivity index (χ1) is 18.7. The number of ether oxygens (including phenoxy) is 1. The van der Waals surface area contributed by atoms with Gasteiger partial charge in [0, 0.05) is 42.3 Å². The Bertz CT molecular complexity index is 1520. The summed E-state index contributed by atoms with van der Waals surface area (Å²) < 4.78 is 7.81. The van der Waals surface area contributed by atoms with Gasteiger partial charge in [0.1, 0.15) is 5.75 Å². The second-order valence-electron chi connectivity index (χ2n) is 9.36. The van der Waals surface area contributed by atoms with E-state index < -0.39 is 0 Å². The van der Waals surface area contributed by atoms with Crippen molar-refractivity contribution in [3.63, 3.8) is 0 Å². The largest absolute Gasteiger partial charge is 0.494 e. The molecule has 192 valence electrons. The normalized spacial score (nSPS) is 11.1. The average Bonchev–Trinajstić information content (AvgIpc) is 2.96. The summed E-state index contributed by atoms with van der Waals surface area (Å²) in [6.45, 7) is 2.83. The van der Waals surface area contributed by atoms with Crippen LogP contribution in [0.25, 0.3) is 10.9 Å². The molecule has 0 radical (unpaired) electrons. The summed E-state index contributed by atoms with van der Waals surface area (Å²) in [5.74, 6) is 0.815. The summed E-state index contributed by atoms with van der Waals surface area (Å²) in [4.78, 5) is 21.2. The van der Waals surface area contributed by atoms with Gasteiger partial charge in [0.25, 0.3) is 5.56 Å². The highest BCUT2D eigenvalue weighted by Crippen LogP contribution is 2.20. The highest BCUT2D eigenvalue weighted by atomic mass is 16.5. The standard InChI is InChI=1S/C32H32N4O2/c37-32-14-10-28-21-30(12-13-31(28)36(32)24-26-6-2-1-3-7-26)38-19-5-17-34-23-27-15-18-35-29(20-27)11-9-25-8-4-16-33-22-25/h1-4,6-8,10,12-16,18,20-22,34H,5,9,11,17,19,23-24H2. The van der Waals surface area contributed by atoms with Gasteiger partial charge < -0.3 is 14.6 Å². The Kier molecular flexibility index (Phi) is 8.54. The van der Waals surface area contributed by atoms with Crippen LogP contribution in [-0.2, 0) is 25.9 Å². The van der Waals surface area contributed by atoms with E-state index in [4.69, 9.17) is 4.74 Å². The van der Waals surface area contributed by atoms with Gasteiger partial charge in [0.2, 0.25) is 0 Å². The zero-order valence-electron chi connectivity index (χ0n) is 21.4. The van der Waals surface area contributed by atoms with E-state index in [9.17, 15) is 4.79 Å². The Morgan fingerprint density at radius 1 is 0.816 bits per heavy atom. The molecule has 38 heavy (non-hydrogen) atoms. The quantitative estimate of drug-likeness (QED) is 0.237. The lowest BCUT2D eigenvalue weighted by atomic mass is 10.1. The minimum atomic E-state index is -0.00379. The summed E-state index contributed by atoms with van der Waals surface area (Å²) in [5.41, 5.74) is 5.57. The third-order valence-electron chi connectivity index (χ3n) is 6.51. The number of pyridine rings is 3. The van der Waals surface area contributed by atoms with Gasteiger partial charge in [0.05, 0.1) is 18.7 Å². The number of hydrogen-bond donors (Lipinski definition) is 1. The van der Waals surface area contributed by atoms with Gasteiger partial charge in [-0.2, -0.15) is 0 Å². The van der Waals surface area contributed by atoms with Gasteiger partial charge >= 0.3 is 0 Å². The molecular formula is C32H32N4O2. The lowest BCUT2D eigenvalue weighted by molar-refractivity contribution is 0.308. The van der Waals surface area contributed by atoms with Crippen LogP contribution in [0.3, 0.4) is 0 Å². The molecule has 0 aliphatic rings. The molecule has 0 atom stereocenters. The Balaban J connectivity index is 1.08. The molecule has 5 aromatic rings. The first-order valence-corrected chi connectivity index (χ1v) is 13.1. The predicted octanol–water partition coefficient (Wildman–Crippen LogP) is 5.18. The highest BCUT2D eigenvalue weighted by Gasteiger charge is 2.06. The monoisotopic (exact) mass is 504 g/mol. The van der Waals surface area contributed by atoms with Crippen LogP contribution in [0.2, 0.25) is 0 Å². The first-order valence-electron chi connectivity index (χ1n) is 13.1. The van der Waals surface area contributed by atoms with Crippen LogP contribution >= 0.6 is 0 Å². The number of aromatic nitrogens is 3. The van der Waals surface area contributed by atoms with Gasteiger partial charge in [0.15, 0.2) is 0 Å². The molecule has 0 saturated carbocycles. The molecule has 0 aliphatic heterocycles. The van der Waals surface area contributed by atoms with Crippen molar-refractivity contribution < 1.29 is 4.74 Å². The molecule has 0 saturated heterocycles. The van der Waals surface area contributed by atoms with E-state index in [2.05, 4.69) is 33.5 Å². The second kappa shape index (κ2) is 12.8. The Hall–Kier alpha value is -4.29. The van der Waals surface area contributed by atoms with Crippen LogP contribution in [-0.4, -0.2) is 27.7 Å². The molecule has 6 heteroatoms. The number of aryl methyl sites for hydroxylation is 2. The summed E-state index contributed by atoms with van der Waals surface area (Å²) in [6, 6.07) is 27.8. The second-order valence-corrected chi connectivity index (χ2v) is 9.36. The fourth-order valence-electron chi connectivity index (χ4n) is 4.51. The van der Waals surface area contributed by atoms with Crippen molar-refractivity contribution in [1.29, 1.82) is 0 Å². The van der Waals surface area contributed by atoms with E-state index in [1.807, 2.05) is 77.6 Å². The molecule has 2 aromatic carbocycles. The van der Waals surface area contributed by atoms with Gasteiger partial charge in [-0.1, -0.05) is 36.4 Å². The number of benzene rings is 2. The molecule has 0 fully saturated rings. The number of nitrogens with one attached hydrogen (secondary N) is 1. The summed E-state index contributed by atoms with van der Waals surface area (Å²) in [5, 5.41) is 4.49. The summed E-state index contributed by atoms with van der Waals surface area (Å²) in [7, 11) is 0. The molecule has 0 aliphatic carbocycles. The highest BCUT2D eigenvalue weighted by molar-refractivity contribution is 5.80. The summed E-state index contributed by atoms with van der Waals surface area (Å²) >= 11 is 0. The zero-order valence-corrected chi connectivity index (χ0v) is 21.4. The van der Waals surface area contributed by atoms with Crippen LogP contribution in [0.4, 0.5) is 0 Å². The average molecular weight is 505 g/mol. The lowest BCUT2D eigenvalue weighted by Crippen LogP contribution is -2.20. The number of hydrogen-bond acceptors (Lipinski definition) is 5. The molecule has 0 amide bonds.